The van der Waals surface area contributed by atoms with Crippen LogP contribution in [0.3, 0.4) is 0 Å². The van der Waals surface area contributed by atoms with E-state index < -0.39 is 0 Å². The monoisotopic (exact) mass is 259 g/mol. The molecule has 1 aliphatic rings. The number of hydrogen-bond donors (Lipinski definition) is 0. The van der Waals surface area contributed by atoms with Crippen LogP contribution in [-0.4, -0.2) is 41.6 Å². The molecule has 0 N–H and O–H groups in total. The molecule has 1 aromatic rings. The molecule has 0 bridgehead atoms. The van der Waals surface area contributed by atoms with Crippen molar-refractivity contribution in [1.82, 2.24) is 9.88 Å². The van der Waals surface area contributed by atoms with Crippen LogP contribution in [0.25, 0.3) is 0 Å². The van der Waals surface area contributed by atoms with Gasteiger partial charge in [0, 0.05) is 25.9 Å². The average molecular weight is 259 g/mol. The van der Waals surface area contributed by atoms with Gasteiger partial charge in [0.1, 0.15) is 11.8 Å². The Balaban J connectivity index is 2.04. The van der Waals surface area contributed by atoms with E-state index in [0.29, 0.717) is 24.3 Å². The van der Waals surface area contributed by atoms with E-state index in [1.54, 1.807) is 17.0 Å². The number of pyridine rings is 1. The van der Waals surface area contributed by atoms with Crippen LogP contribution in [0.4, 0.5) is 0 Å². The largest absolute Gasteiger partial charge is 0.376 e. The lowest BCUT2D eigenvalue weighted by molar-refractivity contribution is 0.0535. The molecule has 0 radical (unpaired) electrons. The number of hydrogen-bond acceptors (Lipinski definition) is 4. The van der Waals surface area contributed by atoms with E-state index in [0.717, 1.165) is 19.4 Å². The molecule has 0 aromatic carbocycles. The van der Waals surface area contributed by atoms with Crippen molar-refractivity contribution in [2.45, 2.75) is 25.9 Å². The lowest BCUT2D eigenvalue weighted by Crippen LogP contribution is -2.37. The van der Waals surface area contributed by atoms with Gasteiger partial charge in [0.2, 0.25) is 0 Å². The van der Waals surface area contributed by atoms with Crippen LogP contribution >= 0.6 is 0 Å². The normalized spacial score (nSPS) is 18.0. The SMILES string of the molecule is CCN(CC1CCCO1)C(=O)c1ccc(C#N)cn1. The molecular formula is C14H17N3O2. The van der Waals surface area contributed by atoms with Crippen LogP contribution in [-0.2, 0) is 4.74 Å². The minimum absolute atomic E-state index is 0.109. The number of likely N-dealkylation sites (N-methyl/N-ethyl adjacent to an activating group) is 1. The molecular weight excluding hydrogens is 242 g/mol. The highest BCUT2D eigenvalue weighted by molar-refractivity contribution is 5.92. The smallest absolute Gasteiger partial charge is 0.272 e. The topological polar surface area (TPSA) is 66.2 Å². The van der Waals surface area contributed by atoms with Gasteiger partial charge in [0.05, 0.1) is 11.7 Å². The van der Waals surface area contributed by atoms with Gasteiger partial charge in [-0.15, -0.1) is 0 Å². The Bertz CT molecular complexity index is 472. The number of rotatable bonds is 4. The Morgan fingerprint density at radius 1 is 1.63 bits per heavy atom. The van der Waals surface area contributed by atoms with Gasteiger partial charge in [-0.3, -0.25) is 4.79 Å². The van der Waals surface area contributed by atoms with E-state index in [9.17, 15) is 4.79 Å². The molecule has 0 aliphatic carbocycles. The first-order chi connectivity index (χ1) is 9.24. The summed E-state index contributed by atoms with van der Waals surface area (Å²) in [5.41, 5.74) is 0.831. The van der Waals surface area contributed by atoms with Crippen LogP contribution in [0.1, 0.15) is 35.8 Å². The van der Waals surface area contributed by atoms with Gasteiger partial charge in [-0.2, -0.15) is 5.26 Å². The minimum Gasteiger partial charge on any atom is -0.376 e. The van der Waals surface area contributed by atoms with Gasteiger partial charge in [0.15, 0.2) is 0 Å². The fourth-order valence-corrected chi connectivity index (χ4v) is 2.14. The van der Waals surface area contributed by atoms with E-state index in [4.69, 9.17) is 10.00 Å². The van der Waals surface area contributed by atoms with Gasteiger partial charge < -0.3 is 9.64 Å². The van der Waals surface area contributed by atoms with Gasteiger partial charge in [-0.1, -0.05) is 0 Å². The lowest BCUT2D eigenvalue weighted by atomic mass is 10.2. The summed E-state index contributed by atoms with van der Waals surface area (Å²) in [6.07, 6.45) is 3.63. The molecule has 5 heteroatoms. The summed E-state index contributed by atoms with van der Waals surface area (Å²) in [4.78, 5) is 18.1. The molecule has 1 amide bonds. The van der Waals surface area contributed by atoms with Crippen LogP contribution in [0.5, 0.6) is 0 Å². The third kappa shape index (κ3) is 3.30. The molecule has 2 heterocycles. The summed E-state index contributed by atoms with van der Waals surface area (Å²) in [6.45, 7) is 3.96. The molecule has 1 aliphatic heterocycles. The number of nitriles is 1. The Kier molecular flexibility index (Phi) is 4.48. The van der Waals surface area contributed by atoms with Crippen molar-refractivity contribution in [2.24, 2.45) is 0 Å². The van der Waals surface area contributed by atoms with E-state index in [1.165, 1.54) is 6.20 Å². The molecule has 1 aromatic heterocycles. The standard InChI is InChI=1S/C14H17N3O2/c1-2-17(10-12-4-3-7-19-12)14(18)13-6-5-11(8-15)9-16-13/h5-6,9,12H,2-4,7,10H2,1H3. The quantitative estimate of drug-likeness (QED) is 0.823. The minimum atomic E-state index is -0.109. The molecule has 0 spiro atoms. The van der Waals surface area contributed by atoms with Crippen LogP contribution in [0, 0.1) is 11.3 Å². The van der Waals surface area contributed by atoms with Gasteiger partial charge in [-0.25, -0.2) is 4.98 Å². The summed E-state index contributed by atoms with van der Waals surface area (Å²) in [6, 6.07) is 5.20. The first-order valence-corrected chi connectivity index (χ1v) is 6.51. The van der Waals surface area contributed by atoms with Crippen molar-refractivity contribution in [3.05, 3.63) is 29.6 Å². The first-order valence-electron chi connectivity index (χ1n) is 6.51. The number of nitrogens with zero attached hydrogens (tertiary/aromatic N) is 3. The molecule has 100 valence electrons. The van der Waals surface area contributed by atoms with Crippen molar-refractivity contribution < 1.29 is 9.53 Å². The zero-order valence-electron chi connectivity index (χ0n) is 11.0. The Hall–Kier alpha value is -1.93. The zero-order chi connectivity index (χ0) is 13.7. The molecule has 1 unspecified atom stereocenters. The highest BCUT2D eigenvalue weighted by Gasteiger charge is 2.22. The molecule has 1 fully saturated rings. The third-order valence-electron chi connectivity index (χ3n) is 3.23. The predicted octanol–water partition coefficient (Wildman–Crippen LogP) is 1.59. The zero-order valence-corrected chi connectivity index (χ0v) is 11.0. The summed E-state index contributed by atoms with van der Waals surface area (Å²) < 4.78 is 5.55. The maximum absolute atomic E-state index is 12.3. The van der Waals surface area contributed by atoms with E-state index in [-0.39, 0.29) is 12.0 Å². The summed E-state index contributed by atoms with van der Waals surface area (Å²) in [7, 11) is 0. The molecule has 19 heavy (non-hydrogen) atoms. The molecule has 5 nitrogen and oxygen atoms in total. The number of aromatic nitrogens is 1. The van der Waals surface area contributed by atoms with Crippen molar-refractivity contribution in [3.63, 3.8) is 0 Å². The van der Waals surface area contributed by atoms with Crippen molar-refractivity contribution >= 4 is 5.91 Å². The summed E-state index contributed by atoms with van der Waals surface area (Å²) in [5, 5.41) is 8.71. The summed E-state index contributed by atoms with van der Waals surface area (Å²) in [5.74, 6) is -0.109. The van der Waals surface area contributed by atoms with E-state index in [2.05, 4.69) is 4.98 Å². The molecule has 1 saturated heterocycles. The lowest BCUT2D eigenvalue weighted by Gasteiger charge is -2.23. The fraction of sp³-hybridized carbons (Fsp3) is 0.500. The van der Waals surface area contributed by atoms with Crippen molar-refractivity contribution in [2.75, 3.05) is 19.7 Å². The van der Waals surface area contributed by atoms with Crippen LogP contribution < -0.4 is 0 Å². The highest BCUT2D eigenvalue weighted by Crippen LogP contribution is 2.14. The van der Waals surface area contributed by atoms with E-state index in [1.807, 2.05) is 13.0 Å². The summed E-state index contributed by atoms with van der Waals surface area (Å²) >= 11 is 0. The van der Waals surface area contributed by atoms with Gasteiger partial charge >= 0.3 is 0 Å². The number of carbonyl (C=O) groups excluding carboxylic acids is 1. The van der Waals surface area contributed by atoms with Crippen LogP contribution in [0.2, 0.25) is 0 Å². The first kappa shape index (κ1) is 13.5. The maximum atomic E-state index is 12.3. The fourth-order valence-electron chi connectivity index (χ4n) is 2.14. The third-order valence-corrected chi connectivity index (χ3v) is 3.23. The Labute approximate surface area is 112 Å². The van der Waals surface area contributed by atoms with Crippen molar-refractivity contribution in [1.29, 1.82) is 5.26 Å². The Morgan fingerprint density at radius 2 is 2.47 bits per heavy atom. The molecule has 1 atom stereocenters. The second-order valence-corrected chi connectivity index (χ2v) is 4.52. The Morgan fingerprint density at radius 3 is 3.00 bits per heavy atom. The van der Waals surface area contributed by atoms with Crippen LogP contribution in [0.15, 0.2) is 18.3 Å². The second-order valence-electron chi connectivity index (χ2n) is 4.52. The highest BCUT2D eigenvalue weighted by atomic mass is 16.5. The van der Waals surface area contributed by atoms with E-state index >= 15 is 0 Å². The predicted molar refractivity (Wildman–Crippen MR) is 69.5 cm³/mol. The maximum Gasteiger partial charge on any atom is 0.272 e. The van der Waals surface area contributed by atoms with Crippen molar-refractivity contribution in [3.8, 4) is 6.07 Å². The second kappa shape index (κ2) is 6.30. The molecule has 0 saturated carbocycles. The number of carbonyl (C=O) groups is 1. The van der Waals surface area contributed by atoms with Gasteiger partial charge in [-0.05, 0) is 31.9 Å². The molecule has 2 rings (SSSR count). The number of ether oxygens (including phenoxy) is 1. The number of amides is 1. The average Bonchev–Trinajstić information content (AvgIpc) is 2.97. The van der Waals surface area contributed by atoms with Gasteiger partial charge in [0.25, 0.3) is 5.91 Å².